The number of benzene rings is 1. The molecule has 170 valence electrons. The summed E-state index contributed by atoms with van der Waals surface area (Å²) in [6, 6.07) is 6.03. The molecule has 2 heterocycles. The van der Waals surface area contributed by atoms with Crippen molar-refractivity contribution in [2.45, 2.75) is 43.9 Å². The van der Waals surface area contributed by atoms with Crippen LogP contribution in [0.4, 0.5) is 4.39 Å². The number of rotatable bonds is 9. The SMILES string of the molecule is COCCNC(=S)N[C@@H]1C[C@H]2C(=O)NC[C@@H](CCC(=O)NCc3ccc(F)cc3)N2C1. The first-order valence-electron chi connectivity index (χ1n) is 10.5. The second-order valence-corrected chi connectivity index (χ2v) is 8.29. The number of nitrogens with one attached hydrogen (secondary N) is 4. The topological polar surface area (TPSA) is 94.7 Å². The zero-order valence-corrected chi connectivity index (χ0v) is 18.5. The number of carbonyl (C=O) groups excluding carboxylic acids is 2. The number of piperazine rings is 1. The monoisotopic (exact) mass is 451 g/mol. The van der Waals surface area contributed by atoms with Crippen LogP contribution in [0.25, 0.3) is 0 Å². The molecular formula is C21H30FN5O3S. The standard InChI is InChI=1S/C21H30FN5O3S/c1-30-9-8-23-21(31)26-16-10-18-20(29)25-12-17(27(18)13-16)6-7-19(28)24-11-14-2-4-15(22)5-3-14/h2-5,16-18H,6-13H2,1H3,(H,24,28)(H,25,29)(H2,23,26,31)/t16-,17-,18+/m1/s1. The van der Waals surface area contributed by atoms with Gasteiger partial charge in [-0.05, 0) is 42.8 Å². The summed E-state index contributed by atoms with van der Waals surface area (Å²) in [5.74, 6) is -0.330. The van der Waals surface area contributed by atoms with Gasteiger partial charge in [0.15, 0.2) is 5.11 Å². The Kier molecular flexibility index (Phi) is 8.56. The van der Waals surface area contributed by atoms with Crippen LogP contribution in [0, 0.1) is 5.82 Å². The molecule has 4 N–H and O–H groups in total. The van der Waals surface area contributed by atoms with Crippen LogP contribution < -0.4 is 21.3 Å². The Labute approximate surface area is 187 Å². The summed E-state index contributed by atoms with van der Waals surface area (Å²) in [7, 11) is 1.63. The minimum atomic E-state index is -0.297. The van der Waals surface area contributed by atoms with Gasteiger partial charge in [-0.3, -0.25) is 14.5 Å². The fourth-order valence-electron chi connectivity index (χ4n) is 4.04. The van der Waals surface area contributed by atoms with Gasteiger partial charge in [0.2, 0.25) is 11.8 Å². The molecule has 0 bridgehead atoms. The minimum Gasteiger partial charge on any atom is -0.383 e. The van der Waals surface area contributed by atoms with Crippen LogP contribution in [0.2, 0.25) is 0 Å². The van der Waals surface area contributed by atoms with Crippen molar-refractivity contribution in [3.05, 3.63) is 35.6 Å². The average Bonchev–Trinajstić information content (AvgIpc) is 3.17. The van der Waals surface area contributed by atoms with Crippen LogP contribution in [0.5, 0.6) is 0 Å². The van der Waals surface area contributed by atoms with Crippen molar-refractivity contribution in [2.24, 2.45) is 0 Å². The van der Waals surface area contributed by atoms with Crippen molar-refractivity contribution >= 4 is 29.1 Å². The van der Waals surface area contributed by atoms with Gasteiger partial charge in [0.05, 0.1) is 12.6 Å². The molecule has 0 radical (unpaired) electrons. The molecule has 3 atom stereocenters. The molecule has 31 heavy (non-hydrogen) atoms. The number of carbonyl (C=O) groups is 2. The van der Waals surface area contributed by atoms with Crippen LogP contribution in [-0.2, 0) is 20.9 Å². The maximum Gasteiger partial charge on any atom is 0.237 e. The quantitative estimate of drug-likeness (QED) is 0.316. The third-order valence-electron chi connectivity index (χ3n) is 5.66. The van der Waals surface area contributed by atoms with Crippen molar-refractivity contribution in [2.75, 3.05) is 33.4 Å². The fourth-order valence-corrected chi connectivity index (χ4v) is 4.31. The second-order valence-electron chi connectivity index (χ2n) is 7.88. The van der Waals surface area contributed by atoms with Gasteiger partial charge < -0.3 is 26.0 Å². The number of ether oxygens (including phenoxy) is 1. The van der Waals surface area contributed by atoms with E-state index in [9.17, 15) is 14.0 Å². The van der Waals surface area contributed by atoms with E-state index in [-0.39, 0.29) is 35.8 Å². The van der Waals surface area contributed by atoms with Gasteiger partial charge in [0.25, 0.3) is 0 Å². The van der Waals surface area contributed by atoms with E-state index < -0.39 is 0 Å². The lowest BCUT2D eigenvalue weighted by Gasteiger charge is -2.37. The maximum absolute atomic E-state index is 13.0. The fraction of sp³-hybridized carbons (Fsp3) is 0.571. The van der Waals surface area contributed by atoms with E-state index in [1.165, 1.54) is 12.1 Å². The highest BCUT2D eigenvalue weighted by Crippen LogP contribution is 2.25. The average molecular weight is 452 g/mol. The molecule has 0 unspecified atom stereocenters. The summed E-state index contributed by atoms with van der Waals surface area (Å²) < 4.78 is 18.0. The van der Waals surface area contributed by atoms with Gasteiger partial charge in [0.1, 0.15) is 5.82 Å². The Morgan fingerprint density at radius 1 is 1.32 bits per heavy atom. The molecule has 1 aromatic rings. The summed E-state index contributed by atoms with van der Waals surface area (Å²) in [5, 5.41) is 12.8. The van der Waals surface area contributed by atoms with E-state index in [1.807, 2.05) is 0 Å². The molecule has 2 fully saturated rings. The van der Waals surface area contributed by atoms with Gasteiger partial charge in [-0.15, -0.1) is 0 Å². The highest BCUT2D eigenvalue weighted by molar-refractivity contribution is 7.80. The zero-order chi connectivity index (χ0) is 22.2. The third-order valence-corrected chi connectivity index (χ3v) is 5.92. The summed E-state index contributed by atoms with van der Waals surface area (Å²) >= 11 is 5.32. The summed E-state index contributed by atoms with van der Waals surface area (Å²) in [6.45, 7) is 2.79. The number of nitrogens with zero attached hydrogens (tertiary/aromatic N) is 1. The van der Waals surface area contributed by atoms with Gasteiger partial charge >= 0.3 is 0 Å². The number of thiocarbonyl (C=S) groups is 1. The van der Waals surface area contributed by atoms with Gasteiger partial charge in [-0.1, -0.05) is 12.1 Å². The Morgan fingerprint density at radius 3 is 2.84 bits per heavy atom. The highest BCUT2D eigenvalue weighted by atomic mass is 32.1. The van der Waals surface area contributed by atoms with E-state index >= 15 is 0 Å². The molecule has 1 aromatic carbocycles. The predicted octanol–water partition coefficient (Wildman–Crippen LogP) is 0.274. The van der Waals surface area contributed by atoms with E-state index in [4.69, 9.17) is 17.0 Å². The second kappa shape index (κ2) is 11.4. The molecule has 2 aliphatic heterocycles. The molecule has 2 amide bonds. The smallest absolute Gasteiger partial charge is 0.237 e. The van der Waals surface area contributed by atoms with Crippen molar-refractivity contribution in [1.82, 2.24) is 26.2 Å². The molecule has 0 spiro atoms. The van der Waals surface area contributed by atoms with E-state index in [0.717, 1.165) is 5.56 Å². The first kappa shape index (κ1) is 23.4. The Balaban J connectivity index is 1.44. The van der Waals surface area contributed by atoms with Crippen molar-refractivity contribution in [1.29, 1.82) is 0 Å². The molecule has 2 saturated heterocycles. The van der Waals surface area contributed by atoms with Crippen molar-refractivity contribution in [3.8, 4) is 0 Å². The molecule has 0 aromatic heterocycles. The lowest BCUT2D eigenvalue weighted by molar-refractivity contribution is -0.129. The molecule has 2 aliphatic rings. The van der Waals surface area contributed by atoms with E-state index in [2.05, 4.69) is 26.2 Å². The lowest BCUT2D eigenvalue weighted by atomic mass is 10.0. The van der Waals surface area contributed by atoms with Crippen LogP contribution in [-0.4, -0.2) is 73.3 Å². The molecular weight excluding hydrogens is 421 g/mol. The highest BCUT2D eigenvalue weighted by Gasteiger charge is 2.43. The predicted molar refractivity (Wildman–Crippen MR) is 119 cm³/mol. The largest absolute Gasteiger partial charge is 0.383 e. The Morgan fingerprint density at radius 2 is 2.10 bits per heavy atom. The number of hydrogen-bond donors (Lipinski definition) is 4. The van der Waals surface area contributed by atoms with Crippen LogP contribution in [0.3, 0.4) is 0 Å². The lowest BCUT2D eigenvalue weighted by Crippen LogP contribution is -2.58. The van der Waals surface area contributed by atoms with Crippen LogP contribution >= 0.6 is 12.2 Å². The number of fused-ring (bicyclic) bond motifs is 1. The normalized spacial score (nSPS) is 23.0. The summed E-state index contributed by atoms with van der Waals surface area (Å²) in [5.41, 5.74) is 0.850. The van der Waals surface area contributed by atoms with Gasteiger partial charge in [0, 0.05) is 51.8 Å². The van der Waals surface area contributed by atoms with Crippen LogP contribution in [0.15, 0.2) is 24.3 Å². The minimum absolute atomic E-state index is 0.0274. The first-order valence-corrected chi connectivity index (χ1v) is 10.9. The van der Waals surface area contributed by atoms with Crippen molar-refractivity contribution in [3.63, 3.8) is 0 Å². The summed E-state index contributed by atoms with van der Waals surface area (Å²) in [6.07, 6.45) is 1.68. The van der Waals surface area contributed by atoms with E-state index in [1.54, 1.807) is 19.2 Å². The number of amides is 2. The van der Waals surface area contributed by atoms with Gasteiger partial charge in [-0.2, -0.15) is 0 Å². The van der Waals surface area contributed by atoms with Crippen LogP contribution in [0.1, 0.15) is 24.8 Å². The van der Waals surface area contributed by atoms with Crippen molar-refractivity contribution < 1.29 is 18.7 Å². The zero-order valence-electron chi connectivity index (χ0n) is 17.7. The molecule has 0 saturated carbocycles. The molecule has 3 rings (SSSR count). The number of methoxy groups -OCH3 is 1. The first-order chi connectivity index (χ1) is 15.0. The third kappa shape index (κ3) is 6.84. The molecule has 8 nitrogen and oxygen atoms in total. The van der Waals surface area contributed by atoms with Gasteiger partial charge in [-0.25, -0.2) is 4.39 Å². The molecule has 0 aliphatic carbocycles. The summed E-state index contributed by atoms with van der Waals surface area (Å²) in [4.78, 5) is 26.8. The molecule has 10 heteroatoms. The maximum atomic E-state index is 13.0. The van der Waals surface area contributed by atoms with E-state index in [0.29, 0.717) is 57.2 Å². The Bertz CT molecular complexity index is 779. The number of hydrogen-bond acceptors (Lipinski definition) is 5. The Hall–Kier alpha value is -2.30. The number of halogens is 1.